The molecule has 1 aliphatic rings. The van der Waals surface area contributed by atoms with Gasteiger partial charge in [-0.25, -0.2) is 17.9 Å². The number of nitrogens with two attached hydrogens (primary N) is 2. The van der Waals surface area contributed by atoms with Crippen LogP contribution in [0.15, 0.2) is 71.1 Å². The van der Waals surface area contributed by atoms with Gasteiger partial charge in [0.25, 0.3) is 15.9 Å². The maximum atomic E-state index is 13.8. The second-order valence-corrected chi connectivity index (χ2v) is 19.7. The maximum Gasteiger partial charge on any atom is 0.312 e. The smallest absolute Gasteiger partial charge is 0.312 e. The highest BCUT2D eigenvalue weighted by atomic mass is 32.2. The molecule has 1 fully saturated rings. The van der Waals surface area contributed by atoms with Crippen LogP contribution in [0.1, 0.15) is 92.2 Å². The molecule has 7 amide bonds. The summed E-state index contributed by atoms with van der Waals surface area (Å²) in [6, 6.07) is 11.3. The van der Waals surface area contributed by atoms with E-state index in [4.69, 9.17) is 11.5 Å². The lowest BCUT2D eigenvalue weighted by Crippen LogP contribution is -2.60. The molecule has 3 rings (SSSR count). The SMILES string of the molecule is CNC(C(=O)NC(C(=O)N(C)CC=C(C)C(=O)NS(=O)(=O)c1ccc(C2(NC(=O)C(CCCNC(N)=O)NC(=O)C(N)C(C)C)CC2)cc1)C(C)(C)C)C(C)(C)c1ccccc1. The van der Waals surface area contributed by atoms with Crippen LogP contribution in [0.25, 0.3) is 0 Å². The summed E-state index contributed by atoms with van der Waals surface area (Å²) in [5, 5.41) is 14.2. The molecule has 4 atom stereocenters. The van der Waals surface area contributed by atoms with Gasteiger partial charge in [-0.3, -0.25) is 24.0 Å². The number of carbonyl (C=O) groups is 6. The van der Waals surface area contributed by atoms with Gasteiger partial charge in [-0.15, -0.1) is 0 Å². The van der Waals surface area contributed by atoms with Gasteiger partial charge < -0.3 is 43.0 Å². The number of nitrogens with one attached hydrogen (secondary N) is 6. The molecule has 0 radical (unpaired) electrons. The molecule has 18 heteroatoms. The van der Waals surface area contributed by atoms with Gasteiger partial charge in [-0.2, -0.15) is 0 Å². The molecular weight excluding hydrogens is 815 g/mol. The van der Waals surface area contributed by atoms with E-state index in [1.807, 2.05) is 65.0 Å². The van der Waals surface area contributed by atoms with Crippen molar-refractivity contribution < 1.29 is 37.2 Å². The lowest BCUT2D eigenvalue weighted by atomic mass is 9.76. The molecule has 62 heavy (non-hydrogen) atoms. The first-order chi connectivity index (χ1) is 28.8. The lowest BCUT2D eigenvalue weighted by Gasteiger charge is -2.38. The van der Waals surface area contributed by atoms with Gasteiger partial charge in [-0.1, -0.05) is 97.0 Å². The van der Waals surface area contributed by atoms with Crippen molar-refractivity contribution in [3.8, 4) is 0 Å². The number of hydrogen-bond donors (Lipinski definition) is 8. The predicted molar refractivity (Wildman–Crippen MR) is 237 cm³/mol. The number of rotatable bonds is 21. The first kappa shape index (κ1) is 51.0. The van der Waals surface area contributed by atoms with E-state index in [1.165, 1.54) is 37.1 Å². The molecule has 1 saturated carbocycles. The average Bonchev–Trinajstić information content (AvgIpc) is 3.99. The lowest BCUT2D eigenvalue weighted by molar-refractivity contribution is -0.139. The van der Waals surface area contributed by atoms with Gasteiger partial charge in [0.05, 0.1) is 22.5 Å². The Morgan fingerprint density at radius 2 is 1.47 bits per heavy atom. The Morgan fingerprint density at radius 3 is 1.98 bits per heavy atom. The van der Waals surface area contributed by atoms with Crippen LogP contribution < -0.4 is 42.8 Å². The topological polar surface area (TPSA) is 264 Å². The largest absolute Gasteiger partial charge is 0.352 e. The molecule has 17 nitrogen and oxygen atoms in total. The van der Waals surface area contributed by atoms with Crippen LogP contribution in [-0.2, 0) is 44.9 Å². The summed E-state index contributed by atoms with van der Waals surface area (Å²) >= 11 is 0. The highest BCUT2D eigenvalue weighted by Crippen LogP contribution is 2.45. The number of urea groups is 1. The Morgan fingerprint density at radius 1 is 0.871 bits per heavy atom. The van der Waals surface area contributed by atoms with Gasteiger partial charge in [0.15, 0.2) is 0 Å². The van der Waals surface area contributed by atoms with Crippen LogP contribution in [0.4, 0.5) is 4.79 Å². The van der Waals surface area contributed by atoms with E-state index in [2.05, 4.69) is 31.3 Å². The molecule has 0 bridgehead atoms. The number of benzene rings is 2. The van der Waals surface area contributed by atoms with Gasteiger partial charge in [0, 0.05) is 31.1 Å². The van der Waals surface area contributed by atoms with Crippen LogP contribution in [0.2, 0.25) is 0 Å². The Kier molecular flexibility index (Phi) is 17.4. The molecule has 0 heterocycles. The molecule has 4 unspecified atom stereocenters. The summed E-state index contributed by atoms with van der Waals surface area (Å²) in [6.45, 7) is 14.6. The number of carbonyl (C=O) groups excluding carboxylic acids is 6. The van der Waals surface area contributed by atoms with Crippen molar-refractivity contribution >= 4 is 45.6 Å². The number of primary amides is 1. The molecule has 1 aliphatic carbocycles. The van der Waals surface area contributed by atoms with Gasteiger partial charge >= 0.3 is 6.03 Å². The minimum atomic E-state index is -4.33. The van der Waals surface area contributed by atoms with E-state index in [-0.39, 0.29) is 41.8 Å². The van der Waals surface area contributed by atoms with E-state index >= 15 is 0 Å². The van der Waals surface area contributed by atoms with Crippen molar-refractivity contribution in [2.45, 2.75) is 121 Å². The molecule has 0 aliphatic heterocycles. The molecule has 342 valence electrons. The molecular formula is C44H67N9O8S. The second-order valence-electron chi connectivity index (χ2n) is 18.0. The van der Waals surface area contributed by atoms with E-state index < -0.39 is 80.2 Å². The van der Waals surface area contributed by atoms with Crippen molar-refractivity contribution in [2.24, 2.45) is 22.8 Å². The van der Waals surface area contributed by atoms with Crippen LogP contribution in [0, 0.1) is 11.3 Å². The van der Waals surface area contributed by atoms with Crippen molar-refractivity contribution in [2.75, 3.05) is 27.2 Å². The first-order valence-corrected chi connectivity index (χ1v) is 22.3. The van der Waals surface area contributed by atoms with Crippen molar-refractivity contribution in [1.82, 2.24) is 36.2 Å². The fourth-order valence-corrected chi connectivity index (χ4v) is 7.93. The number of hydrogen-bond acceptors (Lipinski definition) is 10. The van der Waals surface area contributed by atoms with Crippen molar-refractivity contribution in [3.05, 3.63) is 77.4 Å². The quantitative estimate of drug-likeness (QED) is 0.0668. The van der Waals surface area contributed by atoms with Crippen LogP contribution >= 0.6 is 0 Å². The normalized spacial score (nSPS) is 15.9. The predicted octanol–water partition coefficient (Wildman–Crippen LogP) is 2.01. The summed E-state index contributed by atoms with van der Waals surface area (Å²) in [5.41, 5.74) is 10.7. The Bertz CT molecular complexity index is 2060. The monoisotopic (exact) mass is 881 g/mol. The highest BCUT2D eigenvalue weighted by molar-refractivity contribution is 7.90. The summed E-state index contributed by atoms with van der Waals surface area (Å²) in [7, 11) is -1.10. The molecule has 10 N–H and O–H groups in total. The summed E-state index contributed by atoms with van der Waals surface area (Å²) in [4.78, 5) is 79.3. The zero-order chi connectivity index (χ0) is 46.8. The zero-order valence-corrected chi connectivity index (χ0v) is 38.5. The summed E-state index contributed by atoms with van der Waals surface area (Å²) < 4.78 is 28.7. The highest BCUT2D eigenvalue weighted by Gasteiger charge is 2.47. The zero-order valence-electron chi connectivity index (χ0n) is 37.7. The third-order valence-corrected chi connectivity index (χ3v) is 12.6. The van der Waals surface area contributed by atoms with Crippen LogP contribution in [0.5, 0.6) is 0 Å². The molecule has 0 spiro atoms. The Balaban J connectivity index is 1.67. The van der Waals surface area contributed by atoms with Gasteiger partial charge in [0.2, 0.25) is 23.6 Å². The van der Waals surface area contributed by atoms with Crippen molar-refractivity contribution in [1.29, 1.82) is 0 Å². The summed E-state index contributed by atoms with van der Waals surface area (Å²) in [6.07, 6.45) is 3.09. The Labute approximate surface area is 366 Å². The average molecular weight is 882 g/mol. The van der Waals surface area contributed by atoms with Gasteiger partial charge in [0.1, 0.15) is 12.1 Å². The van der Waals surface area contributed by atoms with E-state index in [9.17, 15) is 37.2 Å². The van der Waals surface area contributed by atoms with E-state index in [0.29, 0.717) is 24.8 Å². The van der Waals surface area contributed by atoms with Crippen molar-refractivity contribution in [3.63, 3.8) is 0 Å². The van der Waals surface area contributed by atoms with Crippen LogP contribution in [0.3, 0.4) is 0 Å². The molecule has 0 saturated heterocycles. The Hall–Kier alpha value is -5.33. The molecule has 2 aromatic carbocycles. The minimum Gasteiger partial charge on any atom is -0.352 e. The third-order valence-electron chi connectivity index (χ3n) is 11.3. The number of likely N-dealkylation sites (N-methyl/N-ethyl adjacent to an activating group) is 2. The maximum absolute atomic E-state index is 13.8. The molecule has 0 aromatic heterocycles. The fraction of sp³-hybridized carbons (Fsp3) is 0.545. The second kappa shape index (κ2) is 21.2. The minimum absolute atomic E-state index is 0.0436. The number of sulfonamides is 1. The number of amides is 7. The van der Waals surface area contributed by atoms with E-state index in [1.54, 1.807) is 33.0 Å². The first-order valence-electron chi connectivity index (χ1n) is 20.8. The summed E-state index contributed by atoms with van der Waals surface area (Å²) in [5.74, 6) is -2.77. The third kappa shape index (κ3) is 13.6. The number of nitrogens with zero attached hydrogens (tertiary/aromatic N) is 1. The van der Waals surface area contributed by atoms with E-state index in [0.717, 1.165) is 5.56 Å². The van der Waals surface area contributed by atoms with Crippen LogP contribution in [-0.4, -0.2) is 100 Å². The fourth-order valence-electron chi connectivity index (χ4n) is 6.91. The molecule has 2 aromatic rings. The van der Waals surface area contributed by atoms with Gasteiger partial charge in [-0.05, 0) is 74.2 Å². The standard InChI is InChI=1S/C44H67N9O8S/c1-27(2)33(45)38(56)49-32(17-14-25-48-41(46)59)37(55)51-44(23-24-44)30-18-20-31(21-19-30)62(60,61)52-36(54)28(3)22-26-53(10)40(58)35(42(4,5)6)50-39(57)34(47-9)43(7,8)29-15-12-11-13-16-29/h11-13,15-16,18-22,27,32-35,47H,14,17,23-26,45H2,1-10H3,(H,49,56)(H,50,57)(H,51,55)(H,52,54)(H3,46,48,59).